The van der Waals surface area contributed by atoms with Crippen LogP contribution < -0.4 is 5.32 Å². The Balaban J connectivity index is 1.71. The van der Waals surface area contributed by atoms with Crippen LogP contribution in [0, 0.1) is 5.82 Å². The average Bonchev–Trinajstić information content (AvgIpc) is 2.99. The first-order valence-electron chi connectivity index (χ1n) is 7.58. The van der Waals surface area contributed by atoms with Gasteiger partial charge in [0.15, 0.2) is 0 Å². The molecular formula is C18H16FNO4. The van der Waals surface area contributed by atoms with Gasteiger partial charge in [-0.2, -0.15) is 0 Å². The summed E-state index contributed by atoms with van der Waals surface area (Å²) in [6, 6.07) is 11.0. The van der Waals surface area contributed by atoms with Gasteiger partial charge in [-0.1, -0.05) is 30.3 Å². The van der Waals surface area contributed by atoms with E-state index < -0.39 is 23.9 Å². The Morgan fingerprint density at radius 2 is 1.96 bits per heavy atom. The predicted molar refractivity (Wildman–Crippen MR) is 84.2 cm³/mol. The molecule has 24 heavy (non-hydrogen) atoms. The van der Waals surface area contributed by atoms with Crippen LogP contribution in [-0.2, 0) is 17.8 Å². The van der Waals surface area contributed by atoms with Gasteiger partial charge in [-0.05, 0) is 41.7 Å². The average molecular weight is 329 g/mol. The molecule has 0 spiro atoms. The van der Waals surface area contributed by atoms with Gasteiger partial charge in [-0.25, -0.2) is 14.0 Å². The van der Waals surface area contributed by atoms with Crippen molar-refractivity contribution < 1.29 is 23.8 Å². The van der Waals surface area contributed by atoms with Crippen molar-refractivity contribution in [3.8, 4) is 0 Å². The number of hydrogen-bond donors (Lipinski definition) is 2. The summed E-state index contributed by atoms with van der Waals surface area (Å²) in [6.45, 7) is 0.112. The summed E-state index contributed by atoms with van der Waals surface area (Å²) in [5, 5.41) is 11.9. The number of amides is 1. The molecule has 124 valence electrons. The Morgan fingerprint density at radius 1 is 1.21 bits per heavy atom. The molecule has 2 N–H and O–H groups in total. The normalized spacial score (nSPS) is 15.6. The molecule has 0 fully saturated rings. The minimum Gasteiger partial charge on any atom is -0.478 e. The number of hydrogen-bond acceptors (Lipinski definition) is 3. The van der Waals surface area contributed by atoms with Crippen molar-refractivity contribution in [3.05, 3.63) is 70.5 Å². The number of alkyl carbamates (subject to hydrolysis) is 1. The van der Waals surface area contributed by atoms with Crippen LogP contribution in [0.2, 0.25) is 0 Å². The Kier molecular flexibility index (Phi) is 4.46. The molecule has 0 aliphatic heterocycles. The molecule has 1 atom stereocenters. The highest BCUT2D eigenvalue weighted by molar-refractivity contribution is 5.90. The van der Waals surface area contributed by atoms with Crippen molar-refractivity contribution in [2.45, 2.75) is 25.5 Å². The lowest BCUT2D eigenvalue weighted by atomic mass is 10.0. The van der Waals surface area contributed by atoms with Gasteiger partial charge >= 0.3 is 12.1 Å². The first kappa shape index (κ1) is 16.0. The highest BCUT2D eigenvalue weighted by Crippen LogP contribution is 2.35. The zero-order chi connectivity index (χ0) is 17.1. The van der Waals surface area contributed by atoms with Crippen molar-refractivity contribution in [2.75, 3.05) is 0 Å². The number of benzene rings is 2. The molecule has 2 aromatic carbocycles. The molecular weight excluding hydrogens is 313 g/mol. The summed E-state index contributed by atoms with van der Waals surface area (Å²) < 4.78 is 19.0. The Hall–Kier alpha value is -2.89. The van der Waals surface area contributed by atoms with Crippen LogP contribution in [0.1, 0.15) is 39.5 Å². The third kappa shape index (κ3) is 3.22. The zero-order valence-corrected chi connectivity index (χ0v) is 12.8. The van der Waals surface area contributed by atoms with Crippen molar-refractivity contribution in [3.63, 3.8) is 0 Å². The van der Waals surface area contributed by atoms with E-state index in [0.717, 1.165) is 11.6 Å². The largest absolute Gasteiger partial charge is 0.478 e. The minimum absolute atomic E-state index is 0.0114. The first-order chi connectivity index (χ1) is 11.6. The predicted octanol–water partition coefficient (Wildman–Crippen LogP) is 3.44. The van der Waals surface area contributed by atoms with Crippen LogP contribution in [0.5, 0.6) is 0 Å². The van der Waals surface area contributed by atoms with Gasteiger partial charge in [-0.3, -0.25) is 0 Å². The lowest BCUT2D eigenvalue weighted by molar-refractivity contribution is 0.0694. The highest BCUT2D eigenvalue weighted by atomic mass is 19.1. The van der Waals surface area contributed by atoms with Crippen LogP contribution in [-0.4, -0.2) is 17.2 Å². The molecule has 3 rings (SSSR count). The van der Waals surface area contributed by atoms with E-state index >= 15 is 0 Å². The van der Waals surface area contributed by atoms with Gasteiger partial charge in [0, 0.05) is 0 Å². The Bertz CT molecular complexity index is 776. The number of ether oxygens (including phenoxy) is 1. The number of nitrogens with one attached hydrogen (secondary N) is 1. The van der Waals surface area contributed by atoms with Crippen LogP contribution in [0.15, 0.2) is 42.5 Å². The van der Waals surface area contributed by atoms with E-state index in [9.17, 15) is 19.1 Å². The fourth-order valence-corrected chi connectivity index (χ4v) is 2.96. The molecule has 0 aromatic heterocycles. The van der Waals surface area contributed by atoms with Crippen molar-refractivity contribution in [2.24, 2.45) is 0 Å². The molecule has 0 saturated carbocycles. The summed E-state index contributed by atoms with van der Waals surface area (Å²) in [4.78, 5) is 23.3. The smallest absolute Gasteiger partial charge is 0.407 e. The topological polar surface area (TPSA) is 75.6 Å². The Labute approximate surface area is 138 Å². The molecule has 0 saturated heterocycles. The van der Waals surface area contributed by atoms with Gasteiger partial charge < -0.3 is 15.2 Å². The molecule has 5 nitrogen and oxygen atoms in total. The maximum absolute atomic E-state index is 13.9. The van der Waals surface area contributed by atoms with Crippen LogP contribution >= 0.6 is 0 Å². The second-order valence-corrected chi connectivity index (χ2v) is 5.59. The number of carbonyl (C=O) groups is 2. The molecule has 1 aliphatic carbocycles. The monoisotopic (exact) mass is 329 g/mol. The molecule has 0 bridgehead atoms. The van der Waals surface area contributed by atoms with E-state index in [1.165, 1.54) is 6.07 Å². The molecule has 1 aliphatic rings. The van der Waals surface area contributed by atoms with Gasteiger partial charge in [0.1, 0.15) is 12.4 Å². The summed E-state index contributed by atoms with van der Waals surface area (Å²) in [5.41, 5.74) is 1.54. The van der Waals surface area contributed by atoms with E-state index in [2.05, 4.69) is 5.32 Å². The molecule has 0 heterocycles. The van der Waals surface area contributed by atoms with Crippen molar-refractivity contribution in [1.82, 2.24) is 5.32 Å². The van der Waals surface area contributed by atoms with Crippen LogP contribution in [0.4, 0.5) is 9.18 Å². The van der Waals surface area contributed by atoms with Gasteiger partial charge in [0.25, 0.3) is 0 Å². The number of carboxylic acids is 1. The minimum atomic E-state index is -1.14. The van der Waals surface area contributed by atoms with Gasteiger partial charge in [0.05, 0.1) is 11.6 Å². The lowest BCUT2D eigenvalue weighted by Crippen LogP contribution is -2.28. The van der Waals surface area contributed by atoms with Crippen molar-refractivity contribution in [1.29, 1.82) is 0 Å². The molecule has 6 heteroatoms. The van der Waals surface area contributed by atoms with E-state index in [-0.39, 0.29) is 12.2 Å². The van der Waals surface area contributed by atoms with Crippen LogP contribution in [0.25, 0.3) is 0 Å². The zero-order valence-electron chi connectivity index (χ0n) is 12.8. The fourth-order valence-electron chi connectivity index (χ4n) is 2.96. The number of aromatic carboxylic acids is 1. The second-order valence-electron chi connectivity index (χ2n) is 5.59. The Morgan fingerprint density at radius 3 is 2.67 bits per heavy atom. The first-order valence-corrected chi connectivity index (χ1v) is 7.58. The number of halogens is 1. The molecule has 2 aromatic rings. The highest BCUT2D eigenvalue weighted by Gasteiger charge is 2.31. The standard InChI is InChI=1S/C18H16FNO4/c19-14-8-6-13(17(21)22)16-12(14)7-9-15(16)20-18(23)24-10-11-4-2-1-3-5-11/h1-6,8,15H,7,9-10H2,(H,20,23)(H,21,22)/t15-/m0/s1. The summed E-state index contributed by atoms with van der Waals surface area (Å²) in [7, 11) is 0. The number of fused-ring (bicyclic) bond motifs is 1. The lowest BCUT2D eigenvalue weighted by Gasteiger charge is -2.16. The summed E-state index contributed by atoms with van der Waals surface area (Å²) in [6.07, 6.45) is 0.167. The van der Waals surface area contributed by atoms with Crippen LogP contribution in [0.3, 0.4) is 0 Å². The summed E-state index contributed by atoms with van der Waals surface area (Å²) >= 11 is 0. The second kappa shape index (κ2) is 6.70. The van der Waals surface area contributed by atoms with Crippen molar-refractivity contribution >= 4 is 12.1 Å². The molecule has 1 amide bonds. The SMILES string of the molecule is O=C(N[C@H]1CCc2c(F)ccc(C(=O)O)c21)OCc1ccccc1. The maximum atomic E-state index is 13.9. The number of carboxylic acid groups (broad SMARTS) is 1. The third-order valence-corrected chi connectivity index (χ3v) is 4.07. The molecule has 0 unspecified atom stereocenters. The van der Waals surface area contributed by atoms with E-state index in [4.69, 9.17) is 4.74 Å². The number of carbonyl (C=O) groups excluding carboxylic acids is 1. The van der Waals surface area contributed by atoms with E-state index in [1.807, 2.05) is 30.3 Å². The van der Waals surface area contributed by atoms with Gasteiger partial charge in [-0.15, -0.1) is 0 Å². The van der Waals surface area contributed by atoms with E-state index in [1.54, 1.807) is 0 Å². The molecule has 0 radical (unpaired) electrons. The third-order valence-electron chi connectivity index (χ3n) is 4.07. The van der Waals surface area contributed by atoms with Gasteiger partial charge in [0.2, 0.25) is 0 Å². The number of rotatable bonds is 4. The fraction of sp³-hybridized carbons (Fsp3) is 0.222. The maximum Gasteiger partial charge on any atom is 0.407 e. The quantitative estimate of drug-likeness (QED) is 0.901. The summed E-state index contributed by atoms with van der Waals surface area (Å²) in [5.74, 6) is -1.59. The van der Waals surface area contributed by atoms with E-state index in [0.29, 0.717) is 24.0 Å².